The first-order valence-corrected chi connectivity index (χ1v) is 27.4. The van der Waals surface area contributed by atoms with Gasteiger partial charge in [-0.3, -0.25) is 0 Å². The van der Waals surface area contributed by atoms with Gasteiger partial charge in [0.25, 0.3) is 0 Å². The van der Waals surface area contributed by atoms with Crippen molar-refractivity contribution in [2.75, 3.05) is 4.90 Å². The molecule has 0 radical (unpaired) electrons. The summed E-state index contributed by atoms with van der Waals surface area (Å²) in [5, 5.41) is 12.3. The van der Waals surface area contributed by atoms with Crippen molar-refractivity contribution in [2.45, 2.75) is 5.41 Å². The Balaban J connectivity index is 0.780. The van der Waals surface area contributed by atoms with Crippen LogP contribution in [0, 0.1) is 0 Å². The van der Waals surface area contributed by atoms with Crippen LogP contribution < -0.4 is 4.90 Å². The van der Waals surface area contributed by atoms with Crippen LogP contribution in [0.5, 0.6) is 0 Å². The summed E-state index contributed by atoms with van der Waals surface area (Å²) in [6.07, 6.45) is 0. The highest BCUT2D eigenvalue weighted by Gasteiger charge is 2.46. The molecule has 1 aliphatic carbocycles. The lowest BCUT2D eigenvalue weighted by atomic mass is 9.67. The largest absolute Gasteiger partial charge is 0.309 e. The van der Waals surface area contributed by atoms with Gasteiger partial charge >= 0.3 is 0 Å². The van der Waals surface area contributed by atoms with Crippen LogP contribution in [0.2, 0.25) is 0 Å². The molecule has 1 heterocycles. The zero-order chi connectivity index (χ0) is 52.0. The van der Waals surface area contributed by atoms with Crippen LogP contribution in [-0.2, 0) is 5.41 Å². The third kappa shape index (κ3) is 6.91. The molecule has 15 aromatic rings. The van der Waals surface area contributed by atoms with E-state index in [-0.39, 0.29) is 0 Å². The molecule has 2 nitrogen and oxygen atoms in total. The van der Waals surface area contributed by atoms with Crippen LogP contribution in [0.3, 0.4) is 0 Å². The summed E-state index contributed by atoms with van der Waals surface area (Å²) in [4.78, 5) is 2.48. The van der Waals surface area contributed by atoms with Crippen molar-refractivity contribution < 1.29 is 0 Å². The lowest BCUT2D eigenvalue weighted by Crippen LogP contribution is -2.28. The first-order valence-electron chi connectivity index (χ1n) is 27.4. The molecule has 0 N–H and O–H groups in total. The van der Waals surface area contributed by atoms with Crippen molar-refractivity contribution in [1.29, 1.82) is 0 Å². The molecule has 1 aliphatic rings. The fourth-order valence-corrected chi connectivity index (χ4v) is 13.5. The van der Waals surface area contributed by atoms with Gasteiger partial charge in [0.15, 0.2) is 0 Å². The minimum absolute atomic E-state index is 0.481. The predicted octanol–water partition coefficient (Wildman–Crippen LogP) is 20.6. The number of nitrogens with zero attached hydrogens (tertiary/aromatic N) is 2. The molecule has 0 amide bonds. The van der Waals surface area contributed by atoms with Gasteiger partial charge in [-0.05, 0) is 143 Å². The number of rotatable bonds is 8. The average molecular weight is 1000 g/mol. The molecule has 16 rings (SSSR count). The first-order chi connectivity index (χ1) is 39.2. The van der Waals surface area contributed by atoms with Gasteiger partial charge in [0.2, 0.25) is 0 Å². The van der Waals surface area contributed by atoms with E-state index in [2.05, 4.69) is 313 Å². The predicted molar refractivity (Wildman–Crippen MR) is 334 cm³/mol. The lowest BCUT2D eigenvalue weighted by molar-refractivity contribution is 0.767. The van der Waals surface area contributed by atoms with Crippen molar-refractivity contribution >= 4 is 82.0 Å². The Kier molecular flexibility index (Phi) is 10.2. The maximum Gasteiger partial charge on any atom is 0.0714 e. The van der Waals surface area contributed by atoms with Crippen LogP contribution in [0.25, 0.3) is 104 Å². The number of anilines is 3. The summed E-state index contributed by atoms with van der Waals surface area (Å²) < 4.78 is 2.47. The van der Waals surface area contributed by atoms with Gasteiger partial charge in [-0.2, -0.15) is 0 Å². The molecule has 0 unspecified atom stereocenters. The minimum Gasteiger partial charge on any atom is -0.309 e. The molecular formula is C77H50N2. The highest BCUT2D eigenvalue weighted by Crippen LogP contribution is 2.57. The highest BCUT2D eigenvalue weighted by atomic mass is 15.1. The number of benzene rings is 14. The fraction of sp³-hybridized carbons (Fsp3) is 0.0130. The number of hydrogen-bond acceptors (Lipinski definition) is 1. The molecule has 368 valence electrons. The second kappa shape index (κ2) is 17.9. The van der Waals surface area contributed by atoms with Crippen molar-refractivity contribution in [2.24, 2.45) is 0 Å². The monoisotopic (exact) mass is 1000 g/mol. The van der Waals surface area contributed by atoms with E-state index >= 15 is 0 Å². The van der Waals surface area contributed by atoms with Gasteiger partial charge in [-0.25, -0.2) is 0 Å². The van der Waals surface area contributed by atoms with Crippen LogP contribution in [0.1, 0.15) is 22.3 Å². The van der Waals surface area contributed by atoms with Gasteiger partial charge in [-0.1, -0.05) is 249 Å². The van der Waals surface area contributed by atoms with E-state index in [0.717, 1.165) is 22.7 Å². The SMILES string of the molecule is c1ccc(C2(c3ccccc3)c3ccccc3-c3ccc(-n4c5ccccc5c5cc(-c6ccc(-c7ccc(N(c8cc9ccccc9c9ccccc89)c8cc9ccccc9c9ccccc89)cc7)cc6)ccc54)cc32)cc1. The Labute approximate surface area is 459 Å². The van der Waals surface area contributed by atoms with E-state index in [1.54, 1.807) is 0 Å². The molecule has 2 heteroatoms. The Morgan fingerprint density at radius 3 is 1.32 bits per heavy atom. The van der Waals surface area contributed by atoms with Crippen molar-refractivity contribution in [3.63, 3.8) is 0 Å². The van der Waals surface area contributed by atoms with Crippen LogP contribution in [0.15, 0.2) is 303 Å². The van der Waals surface area contributed by atoms with Gasteiger partial charge in [0, 0.05) is 32.9 Å². The number of aromatic nitrogens is 1. The maximum absolute atomic E-state index is 2.48. The average Bonchev–Trinajstić information content (AvgIpc) is 4.26. The summed E-state index contributed by atoms with van der Waals surface area (Å²) in [6, 6.07) is 112. The molecule has 0 saturated heterocycles. The summed E-state index contributed by atoms with van der Waals surface area (Å²) in [5.41, 5.74) is 18.9. The second-order valence-corrected chi connectivity index (χ2v) is 21.1. The van der Waals surface area contributed by atoms with Crippen LogP contribution in [-0.4, -0.2) is 4.57 Å². The quantitative estimate of drug-likeness (QED) is 0.138. The lowest BCUT2D eigenvalue weighted by Gasteiger charge is -2.34. The molecule has 0 bridgehead atoms. The van der Waals surface area contributed by atoms with E-state index in [1.807, 2.05) is 0 Å². The van der Waals surface area contributed by atoms with Crippen LogP contribution >= 0.6 is 0 Å². The molecule has 0 atom stereocenters. The molecule has 79 heavy (non-hydrogen) atoms. The smallest absolute Gasteiger partial charge is 0.0714 e. The number of hydrogen-bond donors (Lipinski definition) is 0. The maximum atomic E-state index is 2.48. The summed E-state index contributed by atoms with van der Waals surface area (Å²) in [6.45, 7) is 0. The van der Waals surface area contributed by atoms with Gasteiger partial charge < -0.3 is 9.47 Å². The molecule has 0 spiro atoms. The standard InChI is InChI=1S/C77H50N2/c1-3-21-57(22-4-1)77(58-23-5-2-6-24-58)71-33-17-15-29-65(71)66-45-44-60(50-72(66)77)79-73-34-18-16-32-69(73)70-47-54(41-46-74(70)79)53-37-35-51(36-38-53)52-39-42-59(43-40-52)78(75-48-55-19-7-9-25-61(55)63-27-11-13-30-67(63)75)76-49-56-20-8-10-26-62(56)64-28-12-14-31-68(64)76/h1-50H. The third-order valence-electron chi connectivity index (χ3n) is 17.0. The van der Waals surface area contributed by atoms with Gasteiger partial charge in [0.05, 0.1) is 27.8 Å². The Morgan fingerprint density at radius 2 is 0.709 bits per heavy atom. The first kappa shape index (κ1) is 45.0. The molecular weight excluding hydrogens is 953 g/mol. The van der Waals surface area contributed by atoms with E-state index in [4.69, 9.17) is 0 Å². The topological polar surface area (TPSA) is 8.17 Å². The van der Waals surface area contributed by atoms with Crippen LogP contribution in [0.4, 0.5) is 17.1 Å². The summed E-state index contributed by atoms with van der Waals surface area (Å²) >= 11 is 0. The van der Waals surface area contributed by atoms with E-state index in [9.17, 15) is 0 Å². The van der Waals surface area contributed by atoms with Crippen molar-refractivity contribution in [1.82, 2.24) is 4.57 Å². The Morgan fingerprint density at radius 1 is 0.266 bits per heavy atom. The highest BCUT2D eigenvalue weighted by molar-refractivity contribution is 6.19. The zero-order valence-corrected chi connectivity index (χ0v) is 43.3. The van der Waals surface area contributed by atoms with E-state index in [0.29, 0.717) is 0 Å². The van der Waals surface area contributed by atoms with Crippen molar-refractivity contribution in [3.8, 4) is 39.1 Å². The third-order valence-corrected chi connectivity index (χ3v) is 17.0. The molecule has 0 aliphatic heterocycles. The summed E-state index contributed by atoms with van der Waals surface area (Å²) in [7, 11) is 0. The minimum atomic E-state index is -0.481. The number of para-hydroxylation sites is 1. The van der Waals surface area contributed by atoms with Crippen molar-refractivity contribution in [3.05, 3.63) is 326 Å². The van der Waals surface area contributed by atoms with Gasteiger partial charge in [0.1, 0.15) is 0 Å². The summed E-state index contributed by atoms with van der Waals surface area (Å²) in [5.74, 6) is 0. The Bertz CT molecular complexity index is 4720. The zero-order valence-electron chi connectivity index (χ0n) is 43.3. The normalized spacial score (nSPS) is 12.7. The second-order valence-electron chi connectivity index (χ2n) is 21.1. The number of fused-ring (bicyclic) bond motifs is 12. The van der Waals surface area contributed by atoms with Gasteiger partial charge in [-0.15, -0.1) is 0 Å². The van der Waals surface area contributed by atoms with E-state index in [1.165, 1.54) is 121 Å². The Hall–Kier alpha value is -10.3. The molecule has 0 saturated carbocycles. The fourth-order valence-electron chi connectivity index (χ4n) is 13.5. The molecule has 1 aromatic heterocycles. The van der Waals surface area contributed by atoms with E-state index < -0.39 is 5.41 Å². The molecule has 0 fully saturated rings. The molecule has 14 aromatic carbocycles.